The Bertz CT molecular complexity index is 476. The predicted molar refractivity (Wildman–Crippen MR) is 71.3 cm³/mol. The summed E-state index contributed by atoms with van der Waals surface area (Å²) < 4.78 is 31.9. The Morgan fingerprint density at radius 3 is 3.06 bits per heavy atom. The molecule has 0 atom stereocenters. The number of nitrogens with one attached hydrogen (secondary N) is 1. The lowest BCUT2D eigenvalue weighted by molar-refractivity contribution is 0.148. The fourth-order valence-electron chi connectivity index (χ4n) is 1.95. The van der Waals surface area contributed by atoms with Crippen LogP contribution in [0, 0.1) is 0 Å². The maximum Gasteiger partial charge on any atom is 0.244 e. The quantitative estimate of drug-likeness (QED) is 0.894. The Morgan fingerprint density at radius 2 is 2.28 bits per heavy atom. The molecule has 0 spiro atoms. The van der Waals surface area contributed by atoms with Gasteiger partial charge in [-0.15, -0.1) is 11.3 Å². The van der Waals surface area contributed by atoms with Gasteiger partial charge in [-0.2, -0.15) is 4.31 Å². The molecule has 0 saturated carbocycles. The van der Waals surface area contributed by atoms with Crippen molar-refractivity contribution in [2.24, 2.45) is 0 Å². The molecule has 1 saturated heterocycles. The van der Waals surface area contributed by atoms with Crippen LogP contribution in [0.1, 0.15) is 11.3 Å². The average Bonchev–Trinajstić information content (AvgIpc) is 2.64. The highest BCUT2D eigenvalue weighted by atomic mass is 32.2. The average molecular weight is 290 g/mol. The van der Waals surface area contributed by atoms with E-state index in [1.807, 2.05) is 12.4 Å². The number of hydrogen-bond donors (Lipinski definition) is 1. The van der Waals surface area contributed by atoms with Crippen molar-refractivity contribution in [3.05, 3.63) is 16.3 Å². The van der Waals surface area contributed by atoms with Crippen molar-refractivity contribution in [1.82, 2.24) is 9.62 Å². The van der Waals surface area contributed by atoms with Crippen LogP contribution in [0.4, 0.5) is 0 Å². The SMILES string of the molecule is CNCc1sccc1S(=O)(=O)N1CCCOCC1. The van der Waals surface area contributed by atoms with Crippen molar-refractivity contribution >= 4 is 21.4 Å². The Kier molecular flexibility index (Phi) is 4.74. The number of rotatable bonds is 4. The Hall–Kier alpha value is -0.470. The second kappa shape index (κ2) is 6.12. The lowest BCUT2D eigenvalue weighted by atomic mass is 10.4. The highest BCUT2D eigenvalue weighted by Gasteiger charge is 2.28. The van der Waals surface area contributed by atoms with Gasteiger partial charge in [0.15, 0.2) is 0 Å². The molecule has 1 aliphatic heterocycles. The van der Waals surface area contributed by atoms with Crippen LogP contribution in [-0.2, 0) is 21.3 Å². The summed E-state index contributed by atoms with van der Waals surface area (Å²) in [5, 5.41) is 4.83. The van der Waals surface area contributed by atoms with E-state index in [1.165, 1.54) is 15.6 Å². The second-order valence-corrected chi connectivity index (χ2v) is 7.02. The zero-order valence-electron chi connectivity index (χ0n) is 10.4. The molecule has 1 aliphatic rings. The molecule has 5 nitrogen and oxygen atoms in total. The van der Waals surface area contributed by atoms with Crippen molar-refractivity contribution < 1.29 is 13.2 Å². The van der Waals surface area contributed by atoms with Gasteiger partial charge in [0.25, 0.3) is 0 Å². The van der Waals surface area contributed by atoms with E-state index in [9.17, 15) is 8.42 Å². The fourth-order valence-corrected chi connectivity index (χ4v) is 4.84. The maximum atomic E-state index is 12.5. The van der Waals surface area contributed by atoms with Crippen LogP contribution in [0.25, 0.3) is 0 Å². The third-order valence-electron chi connectivity index (χ3n) is 2.84. The Labute approximate surface area is 112 Å². The van der Waals surface area contributed by atoms with Gasteiger partial charge < -0.3 is 10.1 Å². The summed E-state index contributed by atoms with van der Waals surface area (Å²) in [7, 11) is -1.56. The minimum absolute atomic E-state index is 0.434. The molecule has 2 rings (SSSR count). The highest BCUT2D eigenvalue weighted by Crippen LogP contribution is 2.25. The number of hydrogen-bond acceptors (Lipinski definition) is 5. The first-order valence-electron chi connectivity index (χ1n) is 5.95. The lowest BCUT2D eigenvalue weighted by Crippen LogP contribution is -2.33. The first-order valence-corrected chi connectivity index (χ1v) is 8.27. The van der Waals surface area contributed by atoms with Crippen LogP contribution in [0.5, 0.6) is 0 Å². The number of sulfonamides is 1. The molecule has 1 N–H and O–H groups in total. The third kappa shape index (κ3) is 2.92. The van der Waals surface area contributed by atoms with E-state index in [2.05, 4.69) is 5.32 Å². The van der Waals surface area contributed by atoms with Crippen LogP contribution in [0.3, 0.4) is 0 Å². The predicted octanol–water partition coefficient (Wildman–Crippen LogP) is 0.879. The summed E-state index contributed by atoms with van der Waals surface area (Å²) in [5.41, 5.74) is 0. The van der Waals surface area contributed by atoms with Crippen molar-refractivity contribution in [2.75, 3.05) is 33.4 Å². The van der Waals surface area contributed by atoms with E-state index >= 15 is 0 Å². The molecule has 102 valence electrons. The first-order chi connectivity index (χ1) is 8.66. The second-order valence-electron chi connectivity index (χ2n) is 4.11. The van der Waals surface area contributed by atoms with Gasteiger partial charge in [-0.05, 0) is 24.9 Å². The van der Waals surface area contributed by atoms with Gasteiger partial charge in [-0.25, -0.2) is 8.42 Å². The molecular weight excluding hydrogens is 272 g/mol. The molecule has 1 aromatic rings. The summed E-state index contributed by atoms with van der Waals surface area (Å²) >= 11 is 1.47. The van der Waals surface area contributed by atoms with Crippen LogP contribution in [0.2, 0.25) is 0 Å². The van der Waals surface area contributed by atoms with E-state index in [-0.39, 0.29) is 0 Å². The van der Waals surface area contributed by atoms with Crippen molar-refractivity contribution in [3.63, 3.8) is 0 Å². The van der Waals surface area contributed by atoms with Gasteiger partial charge >= 0.3 is 0 Å². The molecule has 2 heterocycles. The fraction of sp³-hybridized carbons (Fsp3) is 0.636. The molecule has 0 bridgehead atoms. The summed E-state index contributed by atoms with van der Waals surface area (Å²) in [6.07, 6.45) is 0.755. The topological polar surface area (TPSA) is 58.6 Å². The zero-order chi connectivity index (χ0) is 13.0. The summed E-state index contributed by atoms with van der Waals surface area (Å²) in [4.78, 5) is 1.30. The molecular formula is C11H18N2O3S2. The van der Waals surface area contributed by atoms with Crippen LogP contribution < -0.4 is 5.32 Å². The van der Waals surface area contributed by atoms with Crippen LogP contribution >= 0.6 is 11.3 Å². The molecule has 0 aliphatic carbocycles. The lowest BCUT2D eigenvalue weighted by Gasteiger charge is -2.19. The van der Waals surface area contributed by atoms with Gasteiger partial charge in [-0.3, -0.25) is 0 Å². The molecule has 1 aromatic heterocycles. The summed E-state index contributed by atoms with van der Waals surface area (Å²) in [6, 6.07) is 1.69. The third-order valence-corrected chi connectivity index (χ3v) is 5.87. The molecule has 0 amide bonds. The minimum atomic E-state index is -3.37. The van der Waals surface area contributed by atoms with Gasteiger partial charge in [0.05, 0.1) is 11.5 Å². The summed E-state index contributed by atoms with van der Waals surface area (Å²) in [5.74, 6) is 0. The number of ether oxygens (including phenoxy) is 1. The van der Waals surface area contributed by atoms with Crippen molar-refractivity contribution in [3.8, 4) is 0 Å². The van der Waals surface area contributed by atoms with Gasteiger partial charge in [0.1, 0.15) is 0 Å². The highest BCUT2D eigenvalue weighted by molar-refractivity contribution is 7.89. The van der Waals surface area contributed by atoms with Crippen LogP contribution in [0.15, 0.2) is 16.3 Å². The first kappa shape index (κ1) is 14.0. The molecule has 0 unspecified atom stereocenters. The minimum Gasteiger partial charge on any atom is -0.380 e. The van der Waals surface area contributed by atoms with E-state index in [0.717, 1.165) is 11.3 Å². The Morgan fingerprint density at radius 1 is 1.44 bits per heavy atom. The van der Waals surface area contributed by atoms with E-state index in [0.29, 0.717) is 37.7 Å². The normalized spacial score (nSPS) is 18.7. The van der Waals surface area contributed by atoms with Gasteiger partial charge in [0, 0.05) is 31.1 Å². The molecule has 0 aromatic carbocycles. The summed E-state index contributed by atoms with van der Waals surface area (Å²) in [6.45, 7) is 2.68. The van der Waals surface area contributed by atoms with Crippen molar-refractivity contribution in [1.29, 1.82) is 0 Å². The zero-order valence-corrected chi connectivity index (χ0v) is 12.0. The van der Waals surface area contributed by atoms with Gasteiger partial charge in [-0.1, -0.05) is 0 Å². The van der Waals surface area contributed by atoms with Crippen molar-refractivity contribution in [2.45, 2.75) is 17.9 Å². The molecule has 7 heteroatoms. The van der Waals surface area contributed by atoms with Gasteiger partial charge in [0.2, 0.25) is 10.0 Å². The smallest absolute Gasteiger partial charge is 0.244 e. The molecule has 18 heavy (non-hydrogen) atoms. The number of thiophene rings is 1. The van der Waals surface area contributed by atoms with E-state index < -0.39 is 10.0 Å². The monoisotopic (exact) mass is 290 g/mol. The van der Waals surface area contributed by atoms with E-state index in [1.54, 1.807) is 6.07 Å². The standard InChI is InChI=1S/C11H18N2O3S2/c1-12-9-10-11(3-8-17-10)18(14,15)13-4-2-6-16-7-5-13/h3,8,12H,2,4-7,9H2,1H3. The molecule has 1 fully saturated rings. The van der Waals surface area contributed by atoms with E-state index in [4.69, 9.17) is 4.74 Å². The number of nitrogens with zero attached hydrogens (tertiary/aromatic N) is 1. The maximum absolute atomic E-state index is 12.5. The largest absolute Gasteiger partial charge is 0.380 e. The molecule has 0 radical (unpaired) electrons. The van der Waals surface area contributed by atoms with Crippen LogP contribution in [-0.4, -0.2) is 46.1 Å². The Balaban J connectivity index is 2.25.